The third-order valence-corrected chi connectivity index (χ3v) is 3.90. The lowest BCUT2D eigenvalue weighted by Crippen LogP contribution is -2.28. The molecule has 1 fully saturated rings. The summed E-state index contributed by atoms with van der Waals surface area (Å²) in [7, 11) is 0. The molecule has 2 aromatic rings. The monoisotopic (exact) mass is 303 g/mol. The van der Waals surface area contributed by atoms with E-state index in [4.69, 9.17) is 14.3 Å². The van der Waals surface area contributed by atoms with Gasteiger partial charge in [-0.25, -0.2) is 4.79 Å². The molecule has 0 aliphatic heterocycles. The van der Waals surface area contributed by atoms with E-state index in [0.29, 0.717) is 29.9 Å². The van der Waals surface area contributed by atoms with Gasteiger partial charge in [0.2, 0.25) is 11.7 Å². The van der Waals surface area contributed by atoms with Crippen molar-refractivity contribution < 1.29 is 23.8 Å². The van der Waals surface area contributed by atoms with E-state index in [1.165, 1.54) is 6.07 Å². The molecule has 1 heterocycles. The van der Waals surface area contributed by atoms with Gasteiger partial charge in [-0.15, -0.1) is 0 Å². The van der Waals surface area contributed by atoms with Crippen molar-refractivity contribution in [3.63, 3.8) is 0 Å². The van der Waals surface area contributed by atoms with E-state index in [2.05, 4.69) is 5.32 Å². The fourth-order valence-corrected chi connectivity index (χ4v) is 2.38. The van der Waals surface area contributed by atoms with E-state index in [1.807, 2.05) is 6.92 Å². The van der Waals surface area contributed by atoms with Crippen LogP contribution in [0.15, 0.2) is 28.7 Å². The van der Waals surface area contributed by atoms with Crippen molar-refractivity contribution >= 4 is 28.5 Å². The van der Waals surface area contributed by atoms with Crippen molar-refractivity contribution in [2.24, 2.45) is 5.41 Å². The van der Waals surface area contributed by atoms with Crippen molar-refractivity contribution in [3.05, 3.63) is 30.0 Å². The van der Waals surface area contributed by atoms with Gasteiger partial charge in [0, 0.05) is 17.7 Å². The van der Waals surface area contributed by atoms with E-state index in [-0.39, 0.29) is 11.7 Å². The Hall–Kier alpha value is -2.34. The van der Waals surface area contributed by atoms with Crippen molar-refractivity contribution in [1.29, 1.82) is 0 Å². The summed E-state index contributed by atoms with van der Waals surface area (Å²) in [4.78, 5) is 23.2. The van der Waals surface area contributed by atoms with E-state index >= 15 is 0 Å². The molecule has 1 aromatic heterocycles. The van der Waals surface area contributed by atoms with Gasteiger partial charge in [0.25, 0.3) is 0 Å². The molecule has 0 radical (unpaired) electrons. The zero-order valence-corrected chi connectivity index (χ0v) is 12.2. The molecule has 0 bridgehead atoms. The van der Waals surface area contributed by atoms with Crippen LogP contribution in [0.2, 0.25) is 0 Å². The Labute approximate surface area is 127 Å². The Kier molecular flexibility index (Phi) is 3.62. The van der Waals surface area contributed by atoms with Gasteiger partial charge in [0.1, 0.15) is 5.58 Å². The Morgan fingerprint density at radius 2 is 2.14 bits per heavy atom. The van der Waals surface area contributed by atoms with Crippen LogP contribution in [-0.4, -0.2) is 30.2 Å². The number of anilines is 1. The second-order valence-corrected chi connectivity index (χ2v) is 5.54. The Balaban J connectivity index is 1.76. The van der Waals surface area contributed by atoms with Crippen LogP contribution in [0.1, 0.15) is 30.3 Å². The third-order valence-electron chi connectivity index (χ3n) is 3.90. The van der Waals surface area contributed by atoms with Crippen molar-refractivity contribution in [1.82, 2.24) is 0 Å². The summed E-state index contributed by atoms with van der Waals surface area (Å²) < 4.78 is 10.6. The number of rotatable bonds is 6. The van der Waals surface area contributed by atoms with Crippen molar-refractivity contribution in [3.8, 4) is 0 Å². The summed E-state index contributed by atoms with van der Waals surface area (Å²) in [5, 5.41) is 12.4. The minimum absolute atomic E-state index is 0.0535. The molecule has 1 aromatic carbocycles. The van der Waals surface area contributed by atoms with Gasteiger partial charge in [-0.3, -0.25) is 4.79 Å². The van der Waals surface area contributed by atoms with Crippen molar-refractivity contribution in [2.75, 3.05) is 18.5 Å². The highest BCUT2D eigenvalue weighted by atomic mass is 16.5. The van der Waals surface area contributed by atoms with Gasteiger partial charge in [-0.1, -0.05) is 0 Å². The van der Waals surface area contributed by atoms with Crippen LogP contribution in [0.5, 0.6) is 0 Å². The molecule has 3 rings (SSSR count). The number of carbonyl (C=O) groups is 2. The largest absolute Gasteiger partial charge is 0.475 e. The Bertz CT molecular complexity index is 729. The topological polar surface area (TPSA) is 88.8 Å². The number of carbonyl (C=O) groups excluding carboxylic acids is 1. The quantitative estimate of drug-likeness (QED) is 0.856. The molecule has 2 N–H and O–H groups in total. The number of hydrogen-bond donors (Lipinski definition) is 2. The maximum atomic E-state index is 12.3. The summed E-state index contributed by atoms with van der Waals surface area (Å²) in [6, 6.07) is 6.51. The fraction of sp³-hybridized carbons (Fsp3) is 0.375. The maximum absolute atomic E-state index is 12.3. The number of amides is 1. The highest BCUT2D eigenvalue weighted by molar-refractivity contribution is 5.99. The Morgan fingerprint density at radius 1 is 1.36 bits per heavy atom. The molecule has 1 amide bonds. The summed E-state index contributed by atoms with van der Waals surface area (Å²) >= 11 is 0. The molecule has 1 aliphatic rings. The maximum Gasteiger partial charge on any atom is 0.371 e. The summed E-state index contributed by atoms with van der Waals surface area (Å²) in [6.07, 6.45) is 1.66. The number of carboxylic acids is 1. The first-order chi connectivity index (χ1) is 10.5. The second-order valence-electron chi connectivity index (χ2n) is 5.54. The predicted octanol–water partition coefficient (Wildman–Crippen LogP) is 2.89. The standard InChI is InChI=1S/C16H17NO5/c1-2-21-9-16(5-6-16)15(20)17-11-3-4-12-10(7-11)8-13(22-12)14(18)19/h3-4,7-8H,2,5-6,9H2,1H3,(H,17,20)(H,18,19). The van der Waals surface area contributed by atoms with Crippen LogP contribution >= 0.6 is 0 Å². The lowest BCUT2D eigenvalue weighted by atomic mass is 10.1. The number of benzene rings is 1. The van der Waals surface area contributed by atoms with Gasteiger partial charge in [-0.2, -0.15) is 0 Å². The van der Waals surface area contributed by atoms with Gasteiger partial charge in [0.05, 0.1) is 12.0 Å². The zero-order valence-electron chi connectivity index (χ0n) is 12.2. The van der Waals surface area contributed by atoms with Crippen LogP contribution in [0.3, 0.4) is 0 Å². The fourth-order valence-electron chi connectivity index (χ4n) is 2.38. The lowest BCUT2D eigenvalue weighted by Gasteiger charge is -2.15. The lowest BCUT2D eigenvalue weighted by molar-refractivity contribution is -0.123. The van der Waals surface area contributed by atoms with E-state index < -0.39 is 11.4 Å². The molecule has 0 atom stereocenters. The molecule has 22 heavy (non-hydrogen) atoms. The average molecular weight is 303 g/mol. The normalized spacial score (nSPS) is 15.7. The highest BCUT2D eigenvalue weighted by Crippen LogP contribution is 2.46. The second kappa shape index (κ2) is 5.46. The number of nitrogens with one attached hydrogen (secondary N) is 1. The van der Waals surface area contributed by atoms with Crippen molar-refractivity contribution in [2.45, 2.75) is 19.8 Å². The molecule has 0 saturated heterocycles. The highest BCUT2D eigenvalue weighted by Gasteiger charge is 2.50. The number of carboxylic acid groups (broad SMARTS) is 1. The van der Waals surface area contributed by atoms with Gasteiger partial charge in [0.15, 0.2) is 0 Å². The van der Waals surface area contributed by atoms with Crippen LogP contribution in [0.4, 0.5) is 5.69 Å². The summed E-state index contributed by atoms with van der Waals surface area (Å²) in [5.41, 5.74) is 0.692. The zero-order chi connectivity index (χ0) is 15.7. The molecule has 0 spiro atoms. The molecule has 1 aliphatic carbocycles. The molecule has 1 saturated carbocycles. The first kappa shape index (κ1) is 14.6. The van der Waals surface area contributed by atoms with Gasteiger partial charge in [-0.05, 0) is 44.0 Å². The molecule has 6 nitrogen and oxygen atoms in total. The number of furan rings is 1. The van der Waals surface area contributed by atoms with Crippen LogP contribution in [0, 0.1) is 5.41 Å². The molecule has 6 heteroatoms. The summed E-state index contributed by atoms with van der Waals surface area (Å²) in [5.74, 6) is -1.29. The first-order valence-corrected chi connectivity index (χ1v) is 7.20. The first-order valence-electron chi connectivity index (χ1n) is 7.20. The molecule has 0 unspecified atom stereocenters. The summed E-state index contributed by atoms with van der Waals surface area (Å²) in [6.45, 7) is 2.93. The number of fused-ring (bicyclic) bond motifs is 1. The molecule has 116 valence electrons. The average Bonchev–Trinajstić information content (AvgIpc) is 3.16. The molecular weight excluding hydrogens is 286 g/mol. The SMILES string of the molecule is CCOCC1(C(=O)Nc2ccc3oc(C(=O)O)cc3c2)CC1. The number of hydrogen-bond acceptors (Lipinski definition) is 4. The predicted molar refractivity (Wildman–Crippen MR) is 80.0 cm³/mol. The number of ether oxygens (including phenoxy) is 1. The van der Waals surface area contributed by atoms with Crippen LogP contribution < -0.4 is 5.32 Å². The minimum Gasteiger partial charge on any atom is -0.475 e. The number of aromatic carboxylic acids is 1. The van der Waals surface area contributed by atoms with E-state index in [0.717, 1.165) is 12.8 Å². The van der Waals surface area contributed by atoms with Crippen LogP contribution in [0.25, 0.3) is 11.0 Å². The smallest absolute Gasteiger partial charge is 0.371 e. The van der Waals surface area contributed by atoms with E-state index in [9.17, 15) is 9.59 Å². The minimum atomic E-state index is -1.12. The van der Waals surface area contributed by atoms with Gasteiger partial charge < -0.3 is 19.6 Å². The Morgan fingerprint density at radius 3 is 2.77 bits per heavy atom. The molecular formula is C16H17NO5. The van der Waals surface area contributed by atoms with E-state index in [1.54, 1.807) is 18.2 Å². The van der Waals surface area contributed by atoms with Gasteiger partial charge >= 0.3 is 5.97 Å². The third kappa shape index (κ3) is 2.69. The van der Waals surface area contributed by atoms with Crippen LogP contribution in [-0.2, 0) is 9.53 Å².